The quantitative estimate of drug-likeness (QED) is 0.751. The van der Waals surface area contributed by atoms with Gasteiger partial charge in [0.2, 0.25) is 0 Å². The molecule has 29 heavy (non-hydrogen) atoms. The number of carboxylic acids is 1. The molecule has 2 fully saturated rings. The molecule has 152 valence electrons. The highest BCUT2D eigenvalue weighted by molar-refractivity contribution is 5.87. The van der Waals surface area contributed by atoms with E-state index in [2.05, 4.69) is 58.5 Å². The van der Waals surface area contributed by atoms with Gasteiger partial charge in [0.05, 0.1) is 11.3 Å². The van der Waals surface area contributed by atoms with Crippen molar-refractivity contribution in [3.8, 4) is 0 Å². The van der Waals surface area contributed by atoms with Gasteiger partial charge in [-0.15, -0.1) is 0 Å². The van der Waals surface area contributed by atoms with Crippen LogP contribution in [0.25, 0.3) is 6.08 Å². The fourth-order valence-electron chi connectivity index (χ4n) is 4.24. The Balaban J connectivity index is 1.21. The van der Waals surface area contributed by atoms with Gasteiger partial charge in [0, 0.05) is 37.9 Å². The molecule has 1 saturated heterocycles. The molecule has 0 amide bonds. The lowest BCUT2D eigenvalue weighted by atomic mass is 10.0. The molecular weight excluding hydrogens is 362 g/mol. The predicted molar refractivity (Wildman–Crippen MR) is 115 cm³/mol. The van der Waals surface area contributed by atoms with Crippen molar-refractivity contribution in [2.45, 2.75) is 44.8 Å². The Bertz CT molecular complexity index is 855. The molecule has 2 unspecified atom stereocenters. The van der Waals surface area contributed by atoms with Gasteiger partial charge < -0.3 is 10.4 Å². The maximum atomic E-state index is 10.9. The molecule has 1 aliphatic heterocycles. The van der Waals surface area contributed by atoms with Crippen LogP contribution in [0, 0.1) is 5.92 Å². The van der Waals surface area contributed by atoms with Crippen LogP contribution < -0.4 is 5.32 Å². The molecule has 2 aromatic rings. The summed E-state index contributed by atoms with van der Waals surface area (Å²) in [5, 5.41) is 12.8. The van der Waals surface area contributed by atoms with Gasteiger partial charge in [-0.05, 0) is 49.8 Å². The van der Waals surface area contributed by atoms with Crippen molar-refractivity contribution in [2.24, 2.45) is 5.92 Å². The third-order valence-electron chi connectivity index (χ3n) is 6.06. The van der Waals surface area contributed by atoms with Crippen LogP contribution in [0.1, 0.15) is 47.8 Å². The Kier molecular flexibility index (Phi) is 6.07. The van der Waals surface area contributed by atoms with E-state index in [0.717, 1.165) is 38.2 Å². The zero-order valence-corrected chi connectivity index (χ0v) is 16.9. The Morgan fingerprint density at radius 3 is 2.62 bits per heavy atom. The summed E-state index contributed by atoms with van der Waals surface area (Å²) in [7, 11) is 0. The van der Waals surface area contributed by atoms with E-state index in [1.165, 1.54) is 23.8 Å². The van der Waals surface area contributed by atoms with E-state index in [0.29, 0.717) is 18.0 Å². The predicted octanol–water partition coefficient (Wildman–Crippen LogP) is 3.83. The first-order valence-corrected chi connectivity index (χ1v) is 10.5. The number of carboxylic acid groups (broad SMARTS) is 1. The van der Waals surface area contributed by atoms with E-state index >= 15 is 0 Å². The van der Waals surface area contributed by atoms with Crippen molar-refractivity contribution in [1.29, 1.82) is 0 Å². The van der Waals surface area contributed by atoms with Crippen LogP contribution in [0.3, 0.4) is 0 Å². The molecule has 1 saturated carbocycles. The lowest BCUT2D eigenvalue weighted by molar-refractivity contribution is 0.0696. The maximum Gasteiger partial charge on any atom is 0.337 e. The largest absolute Gasteiger partial charge is 0.478 e. The number of nitrogens with one attached hydrogen (secondary N) is 1. The molecule has 1 aromatic heterocycles. The molecule has 1 aromatic carbocycles. The Hall–Kier alpha value is -2.50. The lowest BCUT2D eigenvalue weighted by Crippen LogP contribution is -2.43. The highest BCUT2D eigenvalue weighted by atomic mass is 16.4. The van der Waals surface area contributed by atoms with E-state index in [1.807, 2.05) is 6.07 Å². The number of benzene rings is 1. The van der Waals surface area contributed by atoms with Crippen LogP contribution in [0.15, 0.2) is 54.2 Å². The van der Waals surface area contributed by atoms with E-state index in [-0.39, 0.29) is 5.56 Å². The van der Waals surface area contributed by atoms with Gasteiger partial charge in [-0.3, -0.25) is 9.88 Å². The lowest BCUT2D eigenvalue weighted by Gasteiger charge is -2.32. The van der Waals surface area contributed by atoms with E-state index in [1.54, 1.807) is 6.07 Å². The molecular formula is C24H29N3O2. The number of carbonyl (C=O) groups is 1. The number of hydrogen-bond acceptors (Lipinski definition) is 4. The van der Waals surface area contributed by atoms with Crippen LogP contribution in [0.5, 0.6) is 0 Å². The SMILES string of the molecule is CC(=Cc1ccccc1)C1CC1NC1CCN(Cc2ccc(C(=O)O)cn2)CC1. The first-order valence-electron chi connectivity index (χ1n) is 10.5. The highest BCUT2D eigenvalue weighted by Gasteiger charge is 2.39. The minimum Gasteiger partial charge on any atom is -0.478 e. The number of aromatic nitrogens is 1. The van der Waals surface area contributed by atoms with Crippen LogP contribution in [-0.2, 0) is 6.54 Å². The molecule has 5 heteroatoms. The van der Waals surface area contributed by atoms with E-state index in [9.17, 15) is 4.79 Å². The summed E-state index contributed by atoms with van der Waals surface area (Å²) in [6, 6.07) is 15.2. The zero-order valence-electron chi connectivity index (χ0n) is 16.9. The number of hydrogen-bond donors (Lipinski definition) is 2. The second-order valence-corrected chi connectivity index (χ2v) is 8.31. The number of rotatable bonds is 7. The minimum atomic E-state index is -0.928. The van der Waals surface area contributed by atoms with Crippen molar-refractivity contribution >= 4 is 12.0 Å². The fraction of sp³-hybridized carbons (Fsp3) is 0.417. The first-order chi connectivity index (χ1) is 14.1. The average Bonchev–Trinajstić information content (AvgIpc) is 3.50. The minimum absolute atomic E-state index is 0.243. The summed E-state index contributed by atoms with van der Waals surface area (Å²) in [4.78, 5) is 17.6. The smallest absolute Gasteiger partial charge is 0.337 e. The fourth-order valence-corrected chi connectivity index (χ4v) is 4.24. The molecule has 4 rings (SSSR count). The molecule has 5 nitrogen and oxygen atoms in total. The first kappa shape index (κ1) is 19.8. The normalized spacial score (nSPS) is 23.1. The molecule has 0 radical (unpaired) electrons. The number of likely N-dealkylation sites (tertiary alicyclic amines) is 1. The van der Waals surface area contributed by atoms with Crippen molar-refractivity contribution in [2.75, 3.05) is 13.1 Å². The van der Waals surface area contributed by atoms with Gasteiger partial charge in [-0.2, -0.15) is 0 Å². The van der Waals surface area contributed by atoms with Gasteiger partial charge >= 0.3 is 5.97 Å². The second-order valence-electron chi connectivity index (χ2n) is 8.31. The topological polar surface area (TPSA) is 65.5 Å². The van der Waals surface area contributed by atoms with Crippen LogP contribution in [0.2, 0.25) is 0 Å². The monoisotopic (exact) mass is 391 g/mol. The maximum absolute atomic E-state index is 10.9. The van der Waals surface area contributed by atoms with E-state index < -0.39 is 5.97 Å². The summed E-state index contributed by atoms with van der Waals surface area (Å²) in [6.07, 6.45) is 7.31. The number of aromatic carboxylic acids is 1. The summed E-state index contributed by atoms with van der Waals surface area (Å²) < 4.78 is 0. The Morgan fingerprint density at radius 1 is 1.21 bits per heavy atom. The van der Waals surface area contributed by atoms with Crippen molar-refractivity contribution in [3.63, 3.8) is 0 Å². The molecule has 2 N–H and O–H groups in total. The van der Waals surface area contributed by atoms with Crippen LogP contribution in [-0.4, -0.2) is 46.1 Å². The van der Waals surface area contributed by atoms with Gasteiger partial charge in [0.25, 0.3) is 0 Å². The Labute approximate surface area is 172 Å². The summed E-state index contributed by atoms with van der Waals surface area (Å²) in [5.74, 6) is -0.256. The van der Waals surface area contributed by atoms with Crippen molar-refractivity contribution < 1.29 is 9.90 Å². The number of piperidine rings is 1. The second kappa shape index (κ2) is 8.89. The van der Waals surface area contributed by atoms with Crippen LogP contribution in [0.4, 0.5) is 0 Å². The van der Waals surface area contributed by atoms with E-state index in [4.69, 9.17) is 5.11 Å². The van der Waals surface area contributed by atoms with Gasteiger partial charge in [-0.25, -0.2) is 4.79 Å². The third kappa shape index (κ3) is 5.31. The number of pyridine rings is 1. The highest BCUT2D eigenvalue weighted by Crippen LogP contribution is 2.38. The molecule has 2 aliphatic rings. The molecule has 0 spiro atoms. The van der Waals surface area contributed by atoms with Crippen molar-refractivity contribution in [3.05, 3.63) is 71.1 Å². The Morgan fingerprint density at radius 2 is 1.97 bits per heavy atom. The third-order valence-corrected chi connectivity index (χ3v) is 6.06. The molecule has 2 atom stereocenters. The van der Waals surface area contributed by atoms with Crippen LogP contribution >= 0.6 is 0 Å². The average molecular weight is 392 g/mol. The summed E-state index contributed by atoms with van der Waals surface area (Å²) in [6.45, 7) is 5.15. The number of nitrogens with zero attached hydrogens (tertiary/aromatic N) is 2. The van der Waals surface area contributed by atoms with Gasteiger partial charge in [0.1, 0.15) is 0 Å². The standard InChI is InChI=1S/C24H29N3O2/c1-17(13-18-5-3-2-4-6-18)22-14-23(22)26-20-9-11-27(12-10-20)16-21-8-7-19(15-25-21)24(28)29/h2-8,13,15,20,22-23,26H,9-12,14,16H2,1H3,(H,28,29). The van der Waals surface area contributed by atoms with Gasteiger partial charge in [-0.1, -0.05) is 42.0 Å². The van der Waals surface area contributed by atoms with Crippen molar-refractivity contribution in [1.82, 2.24) is 15.2 Å². The molecule has 0 bridgehead atoms. The molecule has 2 heterocycles. The summed E-state index contributed by atoms with van der Waals surface area (Å²) >= 11 is 0. The summed E-state index contributed by atoms with van der Waals surface area (Å²) in [5.41, 5.74) is 3.94. The van der Waals surface area contributed by atoms with Gasteiger partial charge in [0.15, 0.2) is 0 Å². The molecule has 1 aliphatic carbocycles. The zero-order chi connectivity index (χ0) is 20.2.